The zero-order valence-electron chi connectivity index (χ0n) is 16.3. The van der Waals surface area contributed by atoms with Gasteiger partial charge in [-0.05, 0) is 37.0 Å². The second-order valence-electron chi connectivity index (χ2n) is 7.01. The van der Waals surface area contributed by atoms with E-state index in [-0.39, 0.29) is 17.5 Å². The minimum Gasteiger partial charge on any atom is -0.379 e. The van der Waals surface area contributed by atoms with Crippen LogP contribution in [0.1, 0.15) is 18.4 Å². The second-order valence-corrected chi connectivity index (χ2v) is 8.95. The van der Waals surface area contributed by atoms with E-state index >= 15 is 0 Å². The lowest BCUT2D eigenvalue weighted by atomic mass is 10.1. The van der Waals surface area contributed by atoms with E-state index in [1.54, 1.807) is 24.3 Å². The minimum absolute atomic E-state index is 0.0148. The largest absolute Gasteiger partial charge is 0.379 e. The summed E-state index contributed by atoms with van der Waals surface area (Å²) in [4.78, 5) is 23.9. The summed E-state index contributed by atoms with van der Waals surface area (Å²) in [5.74, 6) is -1.36. The van der Waals surface area contributed by atoms with E-state index in [4.69, 9.17) is 9.47 Å². The Balaban J connectivity index is 1.42. The summed E-state index contributed by atoms with van der Waals surface area (Å²) < 4.78 is 37.2. The number of amides is 2. The standard InChI is InChI=1S/C19H27N3O6S/c23-18(19(24)21-14-16-2-1-11-28-16)20-8-7-15-3-5-17(6-4-15)29(25,26)22-9-12-27-13-10-22/h3-6,16H,1-2,7-14H2,(H,20,23)(H,21,24). The van der Waals surface area contributed by atoms with E-state index in [9.17, 15) is 18.0 Å². The number of nitrogens with zero attached hydrogens (tertiary/aromatic N) is 1. The molecule has 1 aromatic rings. The highest BCUT2D eigenvalue weighted by Gasteiger charge is 2.26. The molecular formula is C19H27N3O6S. The number of carbonyl (C=O) groups excluding carboxylic acids is 2. The minimum atomic E-state index is -3.52. The van der Waals surface area contributed by atoms with Crippen molar-refractivity contribution in [3.8, 4) is 0 Å². The van der Waals surface area contributed by atoms with Crippen molar-refractivity contribution in [1.82, 2.24) is 14.9 Å². The number of sulfonamides is 1. The quantitative estimate of drug-likeness (QED) is 0.578. The molecule has 2 N–H and O–H groups in total. The van der Waals surface area contributed by atoms with Gasteiger partial charge in [0, 0.05) is 32.8 Å². The molecule has 160 valence electrons. The first-order valence-corrected chi connectivity index (χ1v) is 11.3. The van der Waals surface area contributed by atoms with Gasteiger partial charge in [0.2, 0.25) is 10.0 Å². The van der Waals surface area contributed by atoms with Crippen molar-refractivity contribution in [1.29, 1.82) is 0 Å². The smallest absolute Gasteiger partial charge is 0.309 e. The van der Waals surface area contributed by atoms with Crippen molar-refractivity contribution in [2.45, 2.75) is 30.3 Å². The van der Waals surface area contributed by atoms with E-state index in [1.807, 2.05) is 0 Å². The summed E-state index contributed by atoms with van der Waals surface area (Å²) in [5.41, 5.74) is 0.867. The number of ether oxygens (including phenoxy) is 2. The SMILES string of the molecule is O=C(NCCc1ccc(S(=O)(=O)N2CCOCC2)cc1)C(=O)NCC1CCCO1. The number of hydrogen-bond acceptors (Lipinski definition) is 6. The zero-order chi connectivity index (χ0) is 20.7. The molecule has 2 aliphatic rings. The monoisotopic (exact) mass is 425 g/mol. The molecule has 2 aliphatic heterocycles. The number of nitrogens with one attached hydrogen (secondary N) is 2. The third-order valence-corrected chi connectivity index (χ3v) is 6.86. The Morgan fingerprint density at radius 3 is 2.38 bits per heavy atom. The molecule has 0 bridgehead atoms. The van der Waals surface area contributed by atoms with Crippen LogP contribution in [0, 0.1) is 0 Å². The molecule has 0 spiro atoms. The normalized spacial score (nSPS) is 20.3. The van der Waals surface area contributed by atoms with Gasteiger partial charge in [-0.2, -0.15) is 4.31 Å². The third-order valence-electron chi connectivity index (χ3n) is 4.95. The highest BCUT2D eigenvalue weighted by Crippen LogP contribution is 2.17. The number of rotatable bonds is 7. The van der Waals surface area contributed by atoms with Gasteiger partial charge in [-0.15, -0.1) is 0 Å². The summed E-state index contributed by atoms with van der Waals surface area (Å²) in [6.45, 7) is 2.82. The Hall–Kier alpha value is -2.01. The predicted molar refractivity (Wildman–Crippen MR) is 105 cm³/mol. The Morgan fingerprint density at radius 2 is 1.72 bits per heavy atom. The van der Waals surface area contributed by atoms with Crippen LogP contribution in [0.3, 0.4) is 0 Å². The average Bonchev–Trinajstić information content (AvgIpc) is 3.26. The maximum absolute atomic E-state index is 12.6. The van der Waals surface area contributed by atoms with Crippen molar-refractivity contribution in [2.24, 2.45) is 0 Å². The summed E-state index contributed by atoms with van der Waals surface area (Å²) in [7, 11) is -3.52. The number of morpholine rings is 1. The molecular weight excluding hydrogens is 398 g/mol. The van der Waals surface area contributed by atoms with Crippen LogP contribution in [-0.2, 0) is 35.5 Å². The van der Waals surface area contributed by atoms with Gasteiger partial charge < -0.3 is 20.1 Å². The van der Waals surface area contributed by atoms with E-state index < -0.39 is 21.8 Å². The van der Waals surface area contributed by atoms with Crippen LogP contribution in [0.5, 0.6) is 0 Å². The van der Waals surface area contributed by atoms with Crippen LogP contribution >= 0.6 is 0 Å². The van der Waals surface area contributed by atoms with Gasteiger partial charge in [0.05, 0.1) is 24.2 Å². The molecule has 0 aromatic heterocycles. The molecule has 29 heavy (non-hydrogen) atoms. The maximum atomic E-state index is 12.6. The fraction of sp³-hybridized carbons (Fsp3) is 0.579. The molecule has 1 atom stereocenters. The summed E-state index contributed by atoms with van der Waals surface area (Å²) in [6, 6.07) is 6.57. The van der Waals surface area contributed by atoms with Gasteiger partial charge in [-0.1, -0.05) is 12.1 Å². The van der Waals surface area contributed by atoms with Crippen LogP contribution in [-0.4, -0.2) is 76.6 Å². The van der Waals surface area contributed by atoms with Crippen molar-refractivity contribution >= 4 is 21.8 Å². The van der Waals surface area contributed by atoms with Crippen LogP contribution in [0.25, 0.3) is 0 Å². The molecule has 2 fully saturated rings. The zero-order valence-corrected chi connectivity index (χ0v) is 17.1. The maximum Gasteiger partial charge on any atom is 0.309 e. The second kappa shape index (κ2) is 10.1. The lowest BCUT2D eigenvalue weighted by Gasteiger charge is -2.26. The van der Waals surface area contributed by atoms with Gasteiger partial charge in [-0.3, -0.25) is 9.59 Å². The van der Waals surface area contributed by atoms with Crippen molar-refractivity contribution in [2.75, 3.05) is 46.0 Å². The molecule has 3 rings (SSSR count). The predicted octanol–water partition coefficient (Wildman–Crippen LogP) is -0.339. The van der Waals surface area contributed by atoms with Crippen LogP contribution < -0.4 is 10.6 Å². The number of carbonyl (C=O) groups is 2. The molecule has 1 unspecified atom stereocenters. The summed E-state index contributed by atoms with van der Waals surface area (Å²) in [6.07, 6.45) is 2.33. The van der Waals surface area contributed by atoms with E-state index in [2.05, 4.69) is 10.6 Å². The fourth-order valence-electron chi connectivity index (χ4n) is 3.26. The summed E-state index contributed by atoms with van der Waals surface area (Å²) in [5, 5.41) is 5.14. The Morgan fingerprint density at radius 1 is 1.03 bits per heavy atom. The molecule has 0 aliphatic carbocycles. The van der Waals surface area contributed by atoms with Gasteiger partial charge in [-0.25, -0.2) is 8.42 Å². The molecule has 10 heteroatoms. The van der Waals surface area contributed by atoms with Gasteiger partial charge in [0.1, 0.15) is 0 Å². The Bertz CT molecular complexity index is 800. The first-order chi connectivity index (χ1) is 14.0. The number of benzene rings is 1. The third kappa shape index (κ3) is 5.99. The van der Waals surface area contributed by atoms with Gasteiger partial charge in [0.15, 0.2) is 0 Å². The highest BCUT2D eigenvalue weighted by atomic mass is 32.2. The number of hydrogen-bond donors (Lipinski definition) is 2. The Kier molecular flexibility index (Phi) is 7.59. The fourth-order valence-corrected chi connectivity index (χ4v) is 4.66. The van der Waals surface area contributed by atoms with Crippen molar-refractivity contribution in [3.63, 3.8) is 0 Å². The van der Waals surface area contributed by atoms with Crippen molar-refractivity contribution in [3.05, 3.63) is 29.8 Å². The molecule has 2 amide bonds. The van der Waals surface area contributed by atoms with Crippen LogP contribution in [0.15, 0.2) is 29.2 Å². The van der Waals surface area contributed by atoms with Gasteiger partial charge >= 0.3 is 11.8 Å². The van der Waals surface area contributed by atoms with Crippen LogP contribution in [0.4, 0.5) is 0 Å². The first-order valence-electron chi connectivity index (χ1n) is 9.81. The van der Waals surface area contributed by atoms with E-state index in [1.165, 1.54) is 4.31 Å². The summed E-state index contributed by atoms with van der Waals surface area (Å²) >= 11 is 0. The molecule has 2 heterocycles. The first kappa shape index (κ1) is 21.7. The molecule has 0 radical (unpaired) electrons. The lowest BCUT2D eigenvalue weighted by molar-refractivity contribution is -0.139. The lowest BCUT2D eigenvalue weighted by Crippen LogP contribution is -2.43. The molecule has 0 saturated carbocycles. The van der Waals surface area contributed by atoms with E-state index in [0.717, 1.165) is 18.4 Å². The molecule has 9 nitrogen and oxygen atoms in total. The molecule has 2 saturated heterocycles. The molecule has 1 aromatic carbocycles. The Labute approximate surface area is 170 Å². The van der Waals surface area contributed by atoms with Crippen molar-refractivity contribution < 1.29 is 27.5 Å². The van der Waals surface area contributed by atoms with E-state index in [0.29, 0.717) is 45.9 Å². The topological polar surface area (TPSA) is 114 Å². The average molecular weight is 426 g/mol. The highest BCUT2D eigenvalue weighted by molar-refractivity contribution is 7.89. The van der Waals surface area contributed by atoms with Gasteiger partial charge in [0.25, 0.3) is 0 Å². The van der Waals surface area contributed by atoms with Crippen LogP contribution in [0.2, 0.25) is 0 Å².